The van der Waals surface area contributed by atoms with Crippen molar-refractivity contribution in [2.45, 2.75) is 19.0 Å². The predicted molar refractivity (Wildman–Crippen MR) is 95.5 cm³/mol. The number of alkyl halides is 3. The number of nitrogens with one attached hydrogen (secondary N) is 1. The lowest BCUT2D eigenvalue weighted by atomic mass is 9.95. The Bertz CT molecular complexity index is 910. The number of hydrogen-bond donors (Lipinski definition) is 1. The van der Waals surface area contributed by atoms with Gasteiger partial charge in [0.2, 0.25) is 5.91 Å². The molecule has 3 rings (SSSR count). The van der Waals surface area contributed by atoms with Crippen LogP contribution in [0.5, 0.6) is 0 Å². The van der Waals surface area contributed by atoms with Gasteiger partial charge in [-0.05, 0) is 31.0 Å². The minimum Gasteiger partial charge on any atom is -0.369 e. The van der Waals surface area contributed by atoms with Crippen molar-refractivity contribution in [3.05, 3.63) is 35.0 Å². The Morgan fingerprint density at radius 2 is 2.22 bits per heavy atom. The molecular weight excluding hydrogens is 381 g/mol. The van der Waals surface area contributed by atoms with Crippen LogP contribution in [0.1, 0.15) is 18.4 Å². The molecular formula is C18H16ClF3N4O. The van der Waals surface area contributed by atoms with Crippen molar-refractivity contribution in [1.29, 1.82) is 5.26 Å². The summed E-state index contributed by atoms with van der Waals surface area (Å²) in [6.07, 6.45) is -1.87. The molecule has 1 saturated heterocycles. The zero-order chi connectivity index (χ0) is 19.6. The molecule has 2 aromatic rings. The normalized spacial score (nSPS) is 17.6. The zero-order valence-electron chi connectivity index (χ0n) is 14.2. The monoisotopic (exact) mass is 396 g/mol. The van der Waals surface area contributed by atoms with E-state index in [0.717, 1.165) is 0 Å². The molecule has 2 heterocycles. The molecule has 1 aromatic heterocycles. The number of benzene rings is 1. The number of halogens is 4. The lowest BCUT2D eigenvalue weighted by Crippen LogP contribution is -2.45. The lowest BCUT2D eigenvalue weighted by Gasteiger charge is -2.34. The van der Waals surface area contributed by atoms with Gasteiger partial charge in [0.15, 0.2) is 0 Å². The molecule has 0 saturated carbocycles. The first-order valence-electron chi connectivity index (χ1n) is 8.36. The third kappa shape index (κ3) is 4.42. The molecule has 1 aliphatic rings. The molecule has 0 bridgehead atoms. The summed E-state index contributed by atoms with van der Waals surface area (Å²) in [5.41, 5.74) is 1.59. The van der Waals surface area contributed by atoms with Crippen molar-refractivity contribution in [3.8, 4) is 6.07 Å². The van der Waals surface area contributed by atoms with Gasteiger partial charge in [0.05, 0.1) is 22.7 Å². The van der Waals surface area contributed by atoms with Crippen molar-refractivity contribution in [3.63, 3.8) is 0 Å². The second-order valence-corrected chi connectivity index (χ2v) is 6.85. The average Bonchev–Trinajstić information content (AvgIpc) is 2.64. The lowest BCUT2D eigenvalue weighted by molar-refractivity contribution is -0.140. The van der Waals surface area contributed by atoms with Crippen LogP contribution in [0, 0.1) is 17.2 Å². The van der Waals surface area contributed by atoms with Crippen LogP contribution in [0.3, 0.4) is 0 Å². The summed E-state index contributed by atoms with van der Waals surface area (Å²) in [6, 6.07) is 7.23. The molecule has 0 spiro atoms. The van der Waals surface area contributed by atoms with Crippen LogP contribution in [0.15, 0.2) is 24.4 Å². The van der Waals surface area contributed by atoms with Crippen molar-refractivity contribution in [2.75, 3.05) is 24.5 Å². The van der Waals surface area contributed by atoms with Gasteiger partial charge < -0.3 is 10.2 Å². The third-order valence-corrected chi connectivity index (χ3v) is 4.73. The molecule has 0 aliphatic carbocycles. The van der Waals surface area contributed by atoms with Crippen molar-refractivity contribution >= 4 is 34.1 Å². The number of anilines is 1. The van der Waals surface area contributed by atoms with Crippen LogP contribution in [0.2, 0.25) is 5.02 Å². The SMILES string of the molecule is N#Cc1cnc2ccc(Cl)cc2c1N1CCCC(C(=O)NCC(F)(F)F)C1. The van der Waals surface area contributed by atoms with Crippen molar-refractivity contribution in [1.82, 2.24) is 10.3 Å². The van der Waals surface area contributed by atoms with Crippen molar-refractivity contribution < 1.29 is 18.0 Å². The van der Waals surface area contributed by atoms with Crippen LogP contribution in [-0.2, 0) is 4.79 Å². The van der Waals surface area contributed by atoms with Gasteiger partial charge in [0.1, 0.15) is 12.6 Å². The predicted octanol–water partition coefficient (Wildman–Crippen LogP) is 3.65. The summed E-state index contributed by atoms with van der Waals surface area (Å²) in [5, 5.41) is 12.6. The summed E-state index contributed by atoms with van der Waals surface area (Å²) >= 11 is 6.09. The highest BCUT2D eigenvalue weighted by molar-refractivity contribution is 6.31. The largest absolute Gasteiger partial charge is 0.405 e. The van der Waals surface area contributed by atoms with Crippen LogP contribution < -0.4 is 10.2 Å². The number of fused-ring (bicyclic) bond motifs is 1. The summed E-state index contributed by atoms with van der Waals surface area (Å²) in [5.74, 6) is -1.22. The maximum atomic E-state index is 12.4. The van der Waals surface area contributed by atoms with Gasteiger partial charge >= 0.3 is 6.18 Å². The summed E-state index contributed by atoms with van der Waals surface area (Å²) in [6.45, 7) is -0.535. The van der Waals surface area contributed by atoms with E-state index in [4.69, 9.17) is 11.6 Å². The summed E-state index contributed by atoms with van der Waals surface area (Å²) in [7, 11) is 0. The smallest absolute Gasteiger partial charge is 0.369 e. The fourth-order valence-electron chi connectivity index (χ4n) is 3.30. The first-order chi connectivity index (χ1) is 12.8. The molecule has 1 atom stereocenters. The minimum absolute atomic E-state index is 0.226. The fourth-order valence-corrected chi connectivity index (χ4v) is 3.47. The average molecular weight is 397 g/mol. The van der Waals surface area contributed by atoms with E-state index in [9.17, 15) is 23.2 Å². The summed E-state index contributed by atoms with van der Waals surface area (Å²) in [4.78, 5) is 18.3. The number of hydrogen-bond acceptors (Lipinski definition) is 4. The van der Waals surface area contributed by atoms with Crippen LogP contribution in [0.4, 0.5) is 18.9 Å². The Balaban J connectivity index is 1.89. The maximum Gasteiger partial charge on any atom is 0.405 e. The van der Waals surface area contributed by atoms with E-state index in [1.54, 1.807) is 18.2 Å². The van der Waals surface area contributed by atoms with E-state index < -0.39 is 24.5 Å². The Labute approximate surface area is 158 Å². The van der Waals surface area contributed by atoms with Gasteiger partial charge in [-0.25, -0.2) is 0 Å². The number of nitriles is 1. The molecule has 1 N–H and O–H groups in total. The van der Waals surface area contributed by atoms with Crippen LogP contribution >= 0.6 is 11.6 Å². The second kappa shape index (κ2) is 7.61. The highest BCUT2D eigenvalue weighted by atomic mass is 35.5. The molecule has 1 aliphatic heterocycles. The van der Waals surface area contributed by atoms with Gasteiger partial charge in [-0.3, -0.25) is 9.78 Å². The van der Waals surface area contributed by atoms with Gasteiger partial charge in [0, 0.05) is 29.7 Å². The number of rotatable bonds is 3. The van der Waals surface area contributed by atoms with Gasteiger partial charge in [0.25, 0.3) is 0 Å². The molecule has 142 valence electrons. The number of nitrogens with zero attached hydrogens (tertiary/aromatic N) is 3. The first-order valence-corrected chi connectivity index (χ1v) is 8.74. The first kappa shape index (κ1) is 19.2. The number of carbonyl (C=O) groups is 1. The number of pyridine rings is 1. The fraction of sp³-hybridized carbons (Fsp3) is 0.389. The van der Waals surface area contributed by atoms with Gasteiger partial charge in [-0.1, -0.05) is 11.6 Å². The van der Waals surface area contributed by atoms with Crippen LogP contribution in [-0.4, -0.2) is 36.7 Å². The molecule has 27 heavy (non-hydrogen) atoms. The molecule has 9 heteroatoms. The Hall–Kier alpha value is -2.53. The highest BCUT2D eigenvalue weighted by Gasteiger charge is 2.32. The number of aromatic nitrogens is 1. The second-order valence-electron chi connectivity index (χ2n) is 6.41. The van der Waals surface area contributed by atoms with E-state index in [-0.39, 0.29) is 6.54 Å². The van der Waals surface area contributed by atoms with E-state index in [0.29, 0.717) is 46.6 Å². The molecule has 1 fully saturated rings. The third-order valence-electron chi connectivity index (χ3n) is 4.49. The Morgan fingerprint density at radius 3 is 2.93 bits per heavy atom. The van der Waals surface area contributed by atoms with Gasteiger partial charge in [-0.15, -0.1) is 0 Å². The van der Waals surface area contributed by atoms with E-state index >= 15 is 0 Å². The van der Waals surface area contributed by atoms with Gasteiger partial charge in [-0.2, -0.15) is 18.4 Å². The molecule has 1 amide bonds. The quantitative estimate of drug-likeness (QED) is 0.859. The minimum atomic E-state index is -4.45. The van der Waals surface area contributed by atoms with Crippen LogP contribution in [0.25, 0.3) is 10.9 Å². The molecule has 1 unspecified atom stereocenters. The molecule has 1 aromatic carbocycles. The molecule has 0 radical (unpaired) electrons. The topological polar surface area (TPSA) is 69.0 Å². The Kier molecular flexibility index (Phi) is 5.42. The zero-order valence-corrected chi connectivity index (χ0v) is 14.9. The number of carbonyl (C=O) groups excluding carboxylic acids is 1. The number of amides is 1. The van der Waals surface area contributed by atoms with E-state index in [1.165, 1.54) is 6.20 Å². The standard InChI is InChI=1S/C18H16ClF3N4O/c19-13-3-4-15-14(6-13)16(12(7-23)8-24-15)26-5-1-2-11(9-26)17(27)25-10-18(20,21)22/h3-4,6,8,11H,1-2,5,9-10H2,(H,25,27). The highest BCUT2D eigenvalue weighted by Crippen LogP contribution is 2.34. The van der Waals surface area contributed by atoms with E-state index in [2.05, 4.69) is 11.1 Å². The maximum absolute atomic E-state index is 12.4. The molecule has 5 nitrogen and oxygen atoms in total. The Morgan fingerprint density at radius 1 is 1.44 bits per heavy atom. The van der Waals surface area contributed by atoms with Crippen molar-refractivity contribution in [2.24, 2.45) is 5.92 Å². The summed E-state index contributed by atoms with van der Waals surface area (Å²) < 4.78 is 37.1. The van der Waals surface area contributed by atoms with E-state index in [1.807, 2.05) is 10.2 Å². The number of piperidine rings is 1.